The quantitative estimate of drug-likeness (QED) is 0.766. The molecule has 0 saturated carbocycles. The van der Waals surface area contributed by atoms with E-state index in [1.165, 1.54) is 0 Å². The highest BCUT2D eigenvalue weighted by molar-refractivity contribution is 5.91. The van der Waals surface area contributed by atoms with Gasteiger partial charge in [0.25, 0.3) is 0 Å². The third kappa shape index (κ3) is 4.79. The lowest BCUT2D eigenvalue weighted by atomic mass is 10.2. The Morgan fingerprint density at radius 1 is 1.14 bits per heavy atom. The van der Waals surface area contributed by atoms with Crippen LogP contribution in [0.2, 0.25) is 0 Å². The van der Waals surface area contributed by atoms with Gasteiger partial charge in [0.05, 0.1) is 5.69 Å². The Bertz CT molecular complexity index is 602. The van der Waals surface area contributed by atoms with Crippen LogP contribution in [0.1, 0.15) is 13.3 Å². The molecule has 5 nitrogen and oxygen atoms in total. The third-order valence-electron chi connectivity index (χ3n) is 3.05. The molecular formula is C17H20N2O3. The monoisotopic (exact) mass is 300 g/mol. The topological polar surface area (TPSA) is 70.6 Å². The maximum atomic E-state index is 11.9. The molecule has 0 aliphatic carbocycles. The number of benzene rings is 2. The van der Waals surface area contributed by atoms with E-state index in [1.54, 1.807) is 12.1 Å². The van der Waals surface area contributed by atoms with Crippen LogP contribution in [0.4, 0.5) is 10.5 Å². The van der Waals surface area contributed by atoms with Crippen molar-refractivity contribution in [3.63, 3.8) is 0 Å². The van der Waals surface area contributed by atoms with E-state index in [0.717, 1.165) is 0 Å². The maximum Gasteiger partial charge on any atom is 0.319 e. The van der Waals surface area contributed by atoms with Crippen LogP contribution in [-0.2, 0) is 0 Å². The number of hydrogen-bond acceptors (Lipinski definition) is 3. The van der Waals surface area contributed by atoms with Crippen molar-refractivity contribution in [2.45, 2.75) is 19.4 Å². The number of carbonyl (C=O) groups excluding carboxylic acids is 1. The van der Waals surface area contributed by atoms with Crippen LogP contribution in [0.25, 0.3) is 0 Å². The first-order valence-corrected chi connectivity index (χ1v) is 7.19. The lowest BCUT2D eigenvalue weighted by molar-refractivity contribution is 0.241. The number of rotatable bonds is 6. The van der Waals surface area contributed by atoms with Crippen LogP contribution in [0.5, 0.6) is 11.5 Å². The molecule has 0 fully saturated rings. The van der Waals surface area contributed by atoms with E-state index >= 15 is 0 Å². The number of amides is 2. The molecule has 0 aliphatic heterocycles. The van der Waals surface area contributed by atoms with E-state index in [0.29, 0.717) is 23.6 Å². The Labute approximate surface area is 129 Å². The van der Waals surface area contributed by atoms with Crippen LogP contribution in [0.15, 0.2) is 54.6 Å². The van der Waals surface area contributed by atoms with Gasteiger partial charge in [-0.3, -0.25) is 0 Å². The molecule has 2 aromatic carbocycles. The second-order valence-electron chi connectivity index (χ2n) is 4.92. The van der Waals surface area contributed by atoms with Crippen molar-refractivity contribution in [1.82, 2.24) is 5.32 Å². The van der Waals surface area contributed by atoms with Gasteiger partial charge in [-0.15, -0.1) is 0 Å². The largest absolute Gasteiger partial charge is 0.455 e. The Hall–Kier alpha value is -2.53. The van der Waals surface area contributed by atoms with E-state index in [-0.39, 0.29) is 18.7 Å². The Morgan fingerprint density at radius 3 is 2.55 bits per heavy atom. The van der Waals surface area contributed by atoms with Crippen molar-refractivity contribution in [2.24, 2.45) is 0 Å². The van der Waals surface area contributed by atoms with Crippen LogP contribution in [0.3, 0.4) is 0 Å². The Balaban J connectivity index is 2.03. The van der Waals surface area contributed by atoms with Crippen molar-refractivity contribution < 1.29 is 14.6 Å². The van der Waals surface area contributed by atoms with Gasteiger partial charge in [-0.1, -0.05) is 30.3 Å². The predicted octanol–water partition coefficient (Wildman–Crippen LogP) is 3.37. The number of para-hydroxylation sites is 3. The van der Waals surface area contributed by atoms with Crippen molar-refractivity contribution in [2.75, 3.05) is 11.9 Å². The second kappa shape index (κ2) is 8.05. The van der Waals surface area contributed by atoms with Crippen LogP contribution >= 0.6 is 0 Å². The van der Waals surface area contributed by atoms with E-state index in [4.69, 9.17) is 9.84 Å². The fraction of sp³-hybridized carbons (Fsp3) is 0.235. The normalized spacial score (nSPS) is 11.5. The molecule has 0 heterocycles. The van der Waals surface area contributed by atoms with Crippen molar-refractivity contribution in [3.8, 4) is 11.5 Å². The predicted molar refractivity (Wildman–Crippen MR) is 86.3 cm³/mol. The third-order valence-corrected chi connectivity index (χ3v) is 3.05. The first-order chi connectivity index (χ1) is 10.7. The summed E-state index contributed by atoms with van der Waals surface area (Å²) in [6.07, 6.45) is 0.510. The second-order valence-corrected chi connectivity index (χ2v) is 4.92. The number of aliphatic hydroxyl groups excluding tert-OH is 1. The maximum absolute atomic E-state index is 11.9. The minimum atomic E-state index is -0.329. The van der Waals surface area contributed by atoms with Gasteiger partial charge in [-0.05, 0) is 37.6 Å². The zero-order valence-corrected chi connectivity index (χ0v) is 12.5. The molecule has 0 bridgehead atoms. The molecule has 0 saturated heterocycles. The van der Waals surface area contributed by atoms with Gasteiger partial charge in [0.1, 0.15) is 5.75 Å². The minimum absolute atomic E-state index is 0.0369. The fourth-order valence-corrected chi connectivity index (χ4v) is 1.92. The summed E-state index contributed by atoms with van der Waals surface area (Å²) in [5.41, 5.74) is 0.583. The molecule has 0 spiro atoms. The lowest BCUT2D eigenvalue weighted by Gasteiger charge is -2.15. The van der Waals surface area contributed by atoms with E-state index in [1.807, 2.05) is 49.4 Å². The van der Waals surface area contributed by atoms with Gasteiger partial charge in [0, 0.05) is 12.6 Å². The summed E-state index contributed by atoms with van der Waals surface area (Å²) in [4.78, 5) is 11.9. The van der Waals surface area contributed by atoms with Gasteiger partial charge in [0.15, 0.2) is 5.75 Å². The standard InChI is InChI=1S/C17H20N2O3/c1-13(11-12-20)18-17(21)19-15-9-5-6-10-16(15)22-14-7-3-2-4-8-14/h2-10,13,20H,11-12H2,1H3,(H2,18,19,21)/t13-/m1/s1. The van der Waals surface area contributed by atoms with Crippen LogP contribution in [-0.4, -0.2) is 23.8 Å². The highest BCUT2D eigenvalue weighted by atomic mass is 16.5. The lowest BCUT2D eigenvalue weighted by Crippen LogP contribution is -2.36. The van der Waals surface area contributed by atoms with Crippen molar-refractivity contribution in [3.05, 3.63) is 54.6 Å². The molecule has 1 atom stereocenters. The summed E-state index contributed by atoms with van der Waals surface area (Å²) >= 11 is 0. The molecule has 22 heavy (non-hydrogen) atoms. The van der Waals surface area contributed by atoms with Crippen molar-refractivity contribution in [1.29, 1.82) is 0 Å². The zero-order chi connectivity index (χ0) is 15.8. The number of hydrogen-bond donors (Lipinski definition) is 3. The number of carbonyl (C=O) groups is 1. The molecule has 0 radical (unpaired) electrons. The van der Waals surface area contributed by atoms with E-state index < -0.39 is 0 Å². The molecule has 2 rings (SSSR count). The number of urea groups is 1. The first-order valence-electron chi connectivity index (χ1n) is 7.19. The van der Waals surface area contributed by atoms with Gasteiger partial charge in [-0.2, -0.15) is 0 Å². The molecule has 0 aliphatic rings. The Kier molecular flexibility index (Phi) is 5.80. The highest BCUT2D eigenvalue weighted by Crippen LogP contribution is 2.28. The van der Waals surface area contributed by atoms with Crippen LogP contribution < -0.4 is 15.4 Å². The molecule has 2 amide bonds. The number of aliphatic hydroxyl groups is 1. The molecule has 5 heteroatoms. The minimum Gasteiger partial charge on any atom is -0.455 e. The number of anilines is 1. The van der Waals surface area contributed by atoms with Crippen molar-refractivity contribution >= 4 is 11.7 Å². The van der Waals surface area contributed by atoms with Gasteiger partial charge < -0.3 is 20.5 Å². The SMILES string of the molecule is C[C@H](CCO)NC(=O)Nc1ccccc1Oc1ccccc1. The van der Waals surface area contributed by atoms with Gasteiger partial charge >= 0.3 is 6.03 Å². The summed E-state index contributed by atoms with van der Waals surface area (Å²) in [5, 5.41) is 14.4. The summed E-state index contributed by atoms with van der Waals surface area (Å²) < 4.78 is 5.78. The highest BCUT2D eigenvalue weighted by Gasteiger charge is 2.10. The van der Waals surface area contributed by atoms with Crippen LogP contribution in [0, 0.1) is 0 Å². The molecular weight excluding hydrogens is 280 g/mol. The van der Waals surface area contributed by atoms with Gasteiger partial charge in [-0.25, -0.2) is 4.79 Å². The average molecular weight is 300 g/mol. The summed E-state index contributed by atoms with van der Waals surface area (Å²) in [6.45, 7) is 1.87. The Morgan fingerprint density at radius 2 is 1.82 bits per heavy atom. The zero-order valence-electron chi connectivity index (χ0n) is 12.5. The summed E-state index contributed by atoms with van der Waals surface area (Å²) in [5.74, 6) is 1.27. The smallest absolute Gasteiger partial charge is 0.319 e. The first kappa shape index (κ1) is 15.9. The van der Waals surface area contributed by atoms with Gasteiger partial charge in [0.2, 0.25) is 0 Å². The molecule has 116 valence electrons. The summed E-state index contributed by atoms with van der Waals surface area (Å²) in [6, 6.07) is 16.2. The molecule has 2 aromatic rings. The number of nitrogens with one attached hydrogen (secondary N) is 2. The molecule has 0 aromatic heterocycles. The summed E-state index contributed by atoms with van der Waals surface area (Å²) in [7, 11) is 0. The van der Waals surface area contributed by atoms with E-state index in [2.05, 4.69) is 10.6 Å². The number of ether oxygens (including phenoxy) is 1. The fourth-order valence-electron chi connectivity index (χ4n) is 1.92. The molecule has 0 unspecified atom stereocenters. The average Bonchev–Trinajstić information content (AvgIpc) is 2.50. The molecule has 3 N–H and O–H groups in total. The van der Waals surface area contributed by atoms with E-state index in [9.17, 15) is 4.79 Å².